The number of aryl methyl sites for hydroxylation is 1. The second-order valence-electron chi connectivity index (χ2n) is 5.71. The highest BCUT2D eigenvalue weighted by Gasteiger charge is 2.20. The maximum Gasteiger partial charge on any atom is 0.229 e. The molecule has 0 N–H and O–H groups in total. The van der Waals surface area contributed by atoms with E-state index in [9.17, 15) is 13.6 Å². The van der Waals surface area contributed by atoms with E-state index in [0.29, 0.717) is 10.6 Å². The number of amides is 1. The summed E-state index contributed by atoms with van der Waals surface area (Å²) in [6, 6.07) is 8.65. The number of benzene rings is 2. The van der Waals surface area contributed by atoms with Crippen LogP contribution in [0.4, 0.5) is 14.5 Å². The van der Waals surface area contributed by atoms with E-state index in [4.69, 9.17) is 11.6 Å². The molecule has 2 aromatic rings. The van der Waals surface area contributed by atoms with Gasteiger partial charge in [0.05, 0.1) is 0 Å². The molecule has 122 valence electrons. The van der Waals surface area contributed by atoms with Gasteiger partial charge < -0.3 is 4.90 Å². The predicted molar refractivity (Wildman–Crippen MR) is 88.8 cm³/mol. The zero-order chi connectivity index (χ0) is 17.1. The van der Waals surface area contributed by atoms with Crippen molar-refractivity contribution in [1.29, 1.82) is 0 Å². The highest BCUT2D eigenvalue weighted by molar-refractivity contribution is 6.31. The van der Waals surface area contributed by atoms with Gasteiger partial charge >= 0.3 is 0 Å². The Balaban J connectivity index is 2.13. The Morgan fingerprint density at radius 3 is 2.35 bits per heavy atom. The molecule has 2 nitrogen and oxygen atoms in total. The van der Waals surface area contributed by atoms with Crippen LogP contribution < -0.4 is 4.90 Å². The van der Waals surface area contributed by atoms with Crippen LogP contribution in [0, 0.1) is 24.5 Å². The van der Waals surface area contributed by atoms with Gasteiger partial charge in [-0.25, -0.2) is 8.78 Å². The number of nitrogens with zero attached hydrogens (tertiary/aromatic N) is 1. The van der Waals surface area contributed by atoms with Crippen molar-refractivity contribution in [3.05, 3.63) is 64.2 Å². The summed E-state index contributed by atoms with van der Waals surface area (Å²) in [5.74, 6) is -1.81. The first-order valence-electron chi connectivity index (χ1n) is 7.26. The molecule has 0 aromatic heterocycles. The molecular weight excluding hydrogens is 320 g/mol. The van der Waals surface area contributed by atoms with E-state index in [2.05, 4.69) is 0 Å². The molecule has 1 amide bonds. The second kappa shape index (κ2) is 7.09. The van der Waals surface area contributed by atoms with Crippen LogP contribution in [0.15, 0.2) is 36.4 Å². The van der Waals surface area contributed by atoms with Crippen molar-refractivity contribution >= 4 is 23.2 Å². The maximum atomic E-state index is 13.2. The maximum absolute atomic E-state index is 13.2. The lowest BCUT2D eigenvalue weighted by molar-refractivity contribution is -0.121. The largest absolute Gasteiger partial charge is 0.315 e. The molecule has 0 fully saturated rings. The minimum absolute atomic E-state index is 0.128. The van der Waals surface area contributed by atoms with E-state index in [1.54, 1.807) is 26.1 Å². The van der Waals surface area contributed by atoms with Crippen molar-refractivity contribution in [2.45, 2.75) is 20.3 Å². The van der Waals surface area contributed by atoms with Crippen LogP contribution >= 0.6 is 11.6 Å². The first kappa shape index (κ1) is 17.4. The minimum Gasteiger partial charge on any atom is -0.315 e. The van der Waals surface area contributed by atoms with Crippen LogP contribution in [0.1, 0.15) is 18.1 Å². The van der Waals surface area contributed by atoms with Gasteiger partial charge in [0.1, 0.15) is 11.6 Å². The van der Waals surface area contributed by atoms with E-state index in [-0.39, 0.29) is 12.3 Å². The summed E-state index contributed by atoms with van der Waals surface area (Å²) in [7, 11) is 1.67. The molecule has 0 aliphatic heterocycles. The zero-order valence-corrected chi connectivity index (χ0v) is 14.0. The number of rotatable bonds is 4. The summed E-state index contributed by atoms with van der Waals surface area (Å²) >= 11 is 5.99. The van der Waals surface area contributed by atoms with Gasteiger partial charge in [-0.3, -0.25) is 4.79 Å². The molecule has 0 aliphatic rings. The quantitative estimate of drug-likeness (QED) is 0.787. The van der Waals surface area contributed by atoms with Gasteiger partial charge in [0.2, 0.25) is 5.91 Å². The average Bonchev–Trinajstić information content (AvgIpc) is 2.47. The van der Waals surface area contributed by atoms with Crippen molar-refractivity contribution in [1.82, 2.24) is 0 Å². The Morgan fingerprint density at radius 2 is 1.78 bits per heavy atom. The molecule has 0 bridgehead atoms. The monoisotopic (exact) mass is 337 g/mol. The average molecular weight is 338 g/mol. The van der Waals surface area contributed by atoms with Gasteiger partial charge in [-0.1, -0.05) is 18.5 Å². The van der Waals surface area contributed by atoms with Crippen molar-refractivity contribution in [2.75, 3.05) is 11.9 Å². The molecular formula is C18H18ClF2NO. The molecule has 0 spiro atoms. The van der Waals surface area contributed by atoms with Crippen molar-refractivity contribution in [2.24, 2.45) is 5.92 Å². The third-order valence-electron chi connectivity index (χ3n) is 3.75. The highest BCUT2D eigenvalue weighted by Crippen LogP contribution is 2.23. The highest BCUT2D eigenvalue weighted by atomic mass is 35.5. The number of hydrogen-bond acceptors (Lipinski definition) is 1. The minimum atomic E-state index is -0.638. The lowest BCUT2D eigenvalue weighted by Crippen LogP contribution is -2.32. The molecule has 1 atom stereocenters. The summed E-state index contributed by atoms with van der Waals surface area (Å²) in [6.45, 7) is 3.60. The van der Waals surface area contributed by atoms with Crippen LogP contribution in [-0.2, 0) is 11.2 Å². The van der Waals surface area contributed by atoms with Crippen LogP contribution in [-0.4, -0.2) is 13.0 Å². The lowest BCUT2D eigenvalue weighted by Gasteiger charge is -2.22. The Labute approximate surface area is 139 Å². The third-order valence-corrected chi connectivity index (χ3v) is 4.17. The van der Waals surface area contributed by atoms with Crippen molar-refractivity contribution in [3.8, 4) is 0 Å². The molecule has 0 saturated carbocycles. The van der Waals surface area contributed by atoms with Gasteiger partial charge in [0.25, 0.3) is 0 Å². The van der Waals surface area contributed by atoms with Gasteiger partial charge in [-0.2, -0.15) is 0 Å². The number of hydrogen-bond donors (Lipinski definition) is 0. The molecule has 2 aromatic carbocycles. The lowest BCUT2D eigenvalue weighted by atomic mass is 9.99. The van der Waals surface area contributed by atoms with Crippen LogP contribution in [0.5, 0.6) is 0 Å². The first-order valence-corrected chi connectivity index (χ1v) is 7.64. The number of carbonyl (C=O) groups excluding carboxylic acids is 1. The fourth-order valence-corrected chi connectivity index (χ4v) is 2.58. The Kier molecular flexibility index (Phi) is 5.37. The molecule has 0 radical (unpaired) electrons. The van der Waals surface area contributed by atoms with Crippen LogP contribution in [0.2, 0.25) is 5.02 Å². The molecule has 0 heterocycles. The number of anilines is 1. The Bertz CT molecular complexity index is 713. The van der Waals surface area contributed by atoms with Gasteiger partial charge in [0, 0.05) is 29.7 Å². The molecule has 5 heteroatoms. The third kappa shape index (κ3) is 4.29. The van der Waals surface area contributed by atoms with Crippen LogP contribution in [0.25, 0.3) is 0 Å². The van der Waals surface area contributed by atoms with E-state index < -0.39 is 17.6 Å². The Hall–Kier alpha value is -1.94. The van der Waals surface area contributed by atoms with Gasteiger partial charge in [-0.05, 0) is 54.8 Å². The number of carbonyl (C=O) groups is 1. The normalized spacial score (nSPS) is 12.1. The van der Waals surface area contributed by atoms with Crippen LogP contribution in [0.3, 0.4) is 0 Å². The molecule has 0 aliphatic carbocycles. The molecule has 0 unspecified atom stereocenters. The number of halogens is 3. The SMILES string of the molecule is Cc1cc(N(C)C(=O)[C@@H](C)Cc2cc(F)cc(F)c2)ccc1Cl. The fraction of sp³-hybridized carbons (Fsp3) is 0.278. The van der Waals surface area contributed by atoms with E-state index in [1.807, 2.05) is 13.0 Å². The summed E-state index contributed by atoms with van der Waals surface area (Å²) < 4.78 is 26.5. The van der Waals surface area contributed by atoms with E-state index in [0.717, 1.165) is 17.3 Å². The summed E-state index contributed by atoms with van der Waals surface area (Å²) in [5.41, 5.74) is 2.07. The summed E-state index contributed by atoms with van der Waals surface area (Å²) in [5, 5.41) is 0.637. The van der Waals surface area contributed by atoms with E-state index in [1.165, 1.54) is 17.0 Å². The zero-order valence-electron chi connectivity index (χ0n) is 13.2. The molecule has 0 saturated heterocycles. The van der Waals surface area contributed by atoms with Crippen molar-refractivity contribution < 1.29 is 13.6 Å². The van der Waals surface area contributed by atoms with Gasteiger partial charge in [-0.15, -0.1) is 0 Å². The van der Waals surface area contributed by atoms with Crippen molar-refractivity contribution in [3.63, 3.8) is 0 Å². The second-order valence-corrected chi connectivity index (χ2v) is 6.12. The summed E-state index contributed by atoms with van der Waals surface area (Å²) in [4.78, 5) is 14.1. The molecule has 2 rings (SSSR count). The van der Waals surface area contributed by atoms with Gasteiger partial charge in [0.15, 0.2) is 0 Å². The standard InChI is InChI=1S/C18H18ClF2NO/c1-11-7-16(4-5-17(11)19)22(3)18(23)12(2)6-13-8-14(20)10-15(21)9-13/h4-5,7-10,12H,6H2,1-3H3/t12-/m0/s1. The Morgan fingerprint density at radius 1 is 1.17 bits per heavy atom. The molecule has 23 heavy (non-hydrogen) atoms. The fourth-order valence-electron chi connectivity index (χ4n) is 2.46. The van der Waals surface area contributed by atoms with E-state index >= 15 is 0 Å². The predicted octanol–water partition coefficient (Wildman–Crippen LogP) is 4.77. The first-order chi connectivity index (χ1) is 10.8. The summed E-state index contributed by atoms with van der Waals surface area (Å²) in [6.07, 6.45) is 0.268. The smallest absolute Gasteiger partial charge is 0.229 e. The topological polar surface area (TPSA) is 20.3 Å².